The second-order valence-corrected chi connectivity index (χ2v) is 8.06. The molecule has 0 saturated carbocycles. The normalized spacial score (nSPS) is 11.3. The molecular formula is C27H40N2O. The van der Waals surface area contributed by atoms with Crippen LogP contribution in [0.5, 0.6) is 5.75 Å². The number of hydrogen-bond acceptors (Lipinski definition) is 3. The highest BCUT2D eigenvalue weighted by Gasteiger charge is 2.03. The van der Waals surface area contributed by atoms with Gasteiger partial charge >= 0.3 is 0 Å². The smallest absolute Gasteiger partial charge is 0.159 e. The maximum absolute atomic E-state index is 5.84. The lowest BCUT2D eigenvalue weighted by atomic mass is 10.1. The van der Waals surface area contributed by atoms with E-state index in [2.05, 4.69) is 36.0 Å². The molecule has 30 heavy (non-hydrogen) atoms. The fourth-order valence-corrected chi connectivity index (χ4v) is 3.44. The molecule has 2 aromatic rings. The molecule has 2 rings (SSSR count). The van der Waals surface area contributed by atoms with E-state index < -0.39 is 0 Å². The summed E-state index contributed by atoms with van der Waals surface area (Å²) in [5, 5.41) is 0. The highest BCUT2D eigenvalue weighted by atomic mass is 16.5. The Morgan fingerprint density at radius 3 is 2.07 bits per heavy atom. The van der Waals surface area contributed by atoms with Crippen LogP contribution in [0.4, 0.5) is 0 Å². The lowest BCUT2D eigenvalue weighted by Gasteiger charge is -2.06. The third-order valence-electron chi connectivity index (χ3n) is 5.33. The van der Waals surface area contributed by atoms with Gasteiger partial charge in [0.1, 0.15) is 5.75 Å². The first-order valence-electron chi connectivity index (χ1n) is 12.0. The van der Waals surface area contributed by atoms with Gasteiger partial charge in [-0.1, -0.05) is 70.9 Å². The lowest BCUT2D eigenvalue weighted by Crippen LogP contribution is -1.96. The van der Waals surface area contributed by atoms with Gasteiger partial charge in [-0.15, -0.1) is 0 Å². The summed E-state index contributed by atoms with van der Waals surface area (Å²) in [5.41, 5.74) is 2.26. The first-order valence-corrected chi connectivity index (χ1v) is 12.0. The van der Waals surface area contributed by atoms with Crippen LogP contribution in [0.15, 0.2) is 48.8 Å². The fourth-order valence-electron chi connectivity index (χ4n) is 3.44. The van der Waals surface area contributed by atoms with Crippen LogP contribution in [-0.4, -0.2) is 16.6 Å². The van der Waals surface area contributed by atoms with Crippen molar-refractivity contribution in [2.45, 2.75) is 90.9 Å². The summed E-state index contributed by atoms with van der Waals surface area (Å²) in [6, 6.07) is 8.10. The van der Waals surface area contributed by atoms with Gasteiger partial charge in [-0.2, -0.15) is 0 Å². The van der Waals surface area contributed by atoms with Crippen LogP contribution in [0.25, 0.3) is 11.4 Å². The molecule has 0 N–H and O–H groups in total. The van der Waals surface area contributed by atoms with Crippen molar-refractivity contribution >= 4 is 0 Å². The quantitative estimate of drug-likeness (QED) is 0.209. The maximum Gasteiger partial charge on any atom is 0.159 e. The van der Waals surface area contributed by atoms with E-state index in [1.165, 1.54) is 69.8 Å². The number of nitrogens with zero attached hydrogens (tertiary/aromatic N) is 2. The SMILES string of the molecule is CCCCCC/C=C\CCOc1ccc(-c2ncc(CCCCCCC)cn2)cc1. The number of hydrogen-bond donors (Lipinski definition) is 0. The molecule has 1 aromatic carbocycles. The van der Waals surface area contributed by atoms with E-state index in [9.17, 15) is 0 Å². The fraction of sp³-hybridized carbons (Fsp3) is 0.556. The van der Waals surface area contributed by atoms with Crippen LogP contribution in [0.3, 0.4) is 0 Å². The summed E-state index contributed by atoms with van der Waals surface area (Å²) >= 11 is 0. The van der Waals surface area contributed by atoms with Crippen LogP contribution in [0.1, 0.15) is 90.0 Å². The van der Waals surface area contributed by atoms with Crippen LogP contribution >= 0.6 is 0 Å². The first kappa shape index (κ1) is 24.1. The second kappa shape index (κ2) is 15.6. The van der Waals surface area contributed by atoms with Crippen molar-refractivity contribution in [2.24, 2.45) is 0 Å². The largest absolute Gasteiger partial charge is 0.493 e. The highest BCUT2D eigenvalue weighted by Crippen LogP contribution is 2.20. The lowest BCUT2D eigenvalue weighted by molar-refractivity contribution is 0.325. The molecule has 0 amide bonds. The molecular weight excluding hydrogens is 368 g/mol. The molecule has 164 valence electrons. The number of ether oxygens (including phenoxy) is 1. The molecule has 0 fully saturated rings. The van der Waals surface area contributed by atoms with Gasteiger partial charge in [0, 0.05) is 18.0 Å². The zero-order valence-electron chi connectivity index (χ0n) is 19.1. The predicted molar refractivity (Wildman–Crippen MR) is 128 cm³/mol. The second-order valence-electron chi connectivity index (χ2n) is 8.06. The number of rotatable bonds is 16. The zero-order valence-corrected chi connectivity index (χ0v) is 19.1. The molecule has 0 aliphatic heterocycles. The molecule has 0 atom stereocenters. The van der Waals surface area contributed by atoms with E-state index in [1.54, 1.807) is 0 Å². The van der Waals surface area contributed by atoms with Crippen molar-refractivity contribution in [2.75, 3.05) is 6.61 Å². The highest BCUT2D eigenvalue weighted by molar-refractivity contribution is 5.55. The number of unbranched alkanes of at least 4 members (excludes halogenated alkanes) is 8. The monoisotopic (exact) mass is 408 g/mol. The average Bonchev–Trinajstić information content (AvgIpc) is 2.79. The van der Waals surface area contributed by atoms with Gasteiger partial charge < -0.3 is 4.74 Å². The van der Waals surface area contributed by atoms with Crippen LogP contribution in [0, 0.1) is 0 Å². The number of aryl methyl sites for hydroxylation is 1. The van der Waals surface area contributed by atoms with Gasteiger partial charge in [-0.05, 0) is 61.9 Å². The van der Waals surface area contributed by atoms with Crippen molar-refractivity contribution in [1.82, 2.24) is 9.97 Å². The maximum atomic E-state index is 5.84. The topological polar surface area (TPSA) is 35.0 Å². The molecule has 0 aliphatic carbocycles. The third kappa shape index (κ3) is 10.0. The summed E-state index contributed by atoms with van der Waals surface area (Å²) in [4.78, 5) is 9.11. The van der Waals surface area contributed by atoms with Crippen molar-refractivity contribution in [1.29, 1.82) is 0 Å². The molecule has 0 saturated heterocycles. The minimum Gasteiger partial charge on any atom is -0.493 e. The Morgan fingerprint density at radius 2 is 1.37 bits per heavy atom. The summed E-state index contributed by atoms with van der Waals surface area (Å²) in [6.45, 7) is 5.22. The van der Waals surface area contributed by atoms with Crippen molar-refractivity contribution in [3.8, 4) is 17.1 Å². The Balaban J connectivity index is 1.67. The Morgan fingerprint density at radius 1 is 0.733 bits per heavy atom. The third-order valence-corrected chi connectivity index (χ3v) is 5.33. The summed E-state index contributed by atoms with van der Waals surface area (Å²) in [7, 11) is 0. The minimum atomic E-state index is 0.717. The number of allylic oxidation sites excluding steroid dienone is 1. The molecule has 1 heterocycles. The van der Waals surface area contributed by atoms with Crippen molar-refractivity contribution in [3.05, 3.63) is 54.4 Å². The van der Waals surface area contributed by atoms with E-state index in [4.69, 9.17) is 4.74 Å². The van der Waals surface area contributed by atoms with Gasteiger partial charge in [0.2, 0.25) is 0 Å². The van der Waals surface area contributed by atoms with E-state index in [0.717, 1.165) is 30.0 Å². The molecule has 0 radical (unpaired) electrons. The van der Waals surface area contributed by atoms with Crippen molar-refractivity contribution < 1.29 is 4.74 Å². The predicted octanol–water partition coefficient (Wildman–Crippen LogP) is 7.95. The Kier molecular flexibility index (Phi) is 12.6. The standard InChI is InChI=1S/C27H40N2O/c1-3-5-7-9-10-11-13-15-21-30-26-19-17-25(18-20-26)27-28-22-24(23-29-27)16-14-12-8-6-4-2/h11,13,17-20,22-23H,3-10,12,14-16,21H2,1-2H3/b13-11-. The van der Waals surface area contributed by atoms with Gasteiger partial charge in [-0.3, -0.25) is 0 Å². The van der Waals surface area contributed by atoms with Gasteiger partial charge in [0.05, 0.1) is 6.61 Å². The molecule has 1 aromatic heterocycles. The number of benzene rings is 1. The Labute approximate surface area is 184 Å². The van der Waals surface area contributed by atoms with E-state index >= 15 is 0 Å². The van der Waals surface area contributed by atoms with Gasteiger partial charge in [0.25, 0.3) is 0 Å². The van der Waals surface area contributed by atoms with Gasteiger partial charge in [-0.25, -0.2) is 9.97 Å². The molecule has 0 aliphatic rings. The zero-order chi connectivity index (χ0) is 21.3. The Bertz CT molecular complexity index is 692. The first-order chi connectivity index (χ1) is 14.8. The van der Waals surface area contributed by atoms with Crippen LogP contribution in [0.2, 0.25) is 0 Å². The molecule has 0 bridgehead atoms. The molecule has 0 unspecified atom stereocenters. The summed E-state index contributed by atoms with van der Waals surface area (Å²) in [5.74, 6) is 1.68. The van der Waals surface area contributed by atoms with Crippen LogP contribution < -0.4 is 4.74 Å². The number of aromatic nitrogens is 2. The molecule has 0 spiro atoms. The van der Waals surface area contributed by atoms with Gasteiger partial charge in [0.15, 0.2) is 5.82 Å². The van der Waals surface area contributed by atoms with E-state index in [-0.39, 0.29) is 0 Å². The van der Waals surface area contributed by atoms with E-state index in [1.807, 2.05) is 36.7 Å². The summed E-state index contributed by atoms with van der Waals surface area (Å²) < 4.78 is 5.84. The van der Waals surface area contributed by atoms with Crippen LogP contribution in [-0.2, 0) is 6.42 Å². The molecule has 3 nitrogen and oxygen atoms in total. The van der Waals surface area contributed by atoms with E-state index in [0.29, 0.717) is 6.61 Å². The minimum absolute atomic E-state index is 0.717. The Hall–Kier alpha value is -2.16. The van der Waals surface area contributed by atoms with Crippen molar-refractivity contribution in [3.63, 3.8) is 0 Å². The molecule has 3 heteroatoms. The average molecular weight is 409 g/mol. The summed E-state index contributed by atoms with van der Waals surface area (Å²) in [6.07, 6.45) is 23.5.